The van der Waals surface area contributed by atoms with Gasteiger partial charge in [0.25, 0.3) is 0 Å². The Labute approximate surface area is 202 Å². The number of ether oxygens (including phenoxy) is 1. The van der Waals surface area contributed by atoms with Crippen LogP contribution < -0.4 is 16.4 Å². The Kier molecular flexibility index (Phi) is 6.42. The van der Waals surface area contributed by atoms with Crippen LogP contribution in [0.25, 0.3) is 27.5 Å². The maximum Gasteiger partial charge on any atom is 0.323 e. The molecule has 178 valence electrons. The van der Waals surface area contributed by atoms with E-state index in [0.29, 0.717) is 11.5 Å². The van der Waals surface area contributed by atoms with E-state index in [1.54, 1.807) is 0 Å². The number of aromatic nitrogens is 2. The highest BCUT2D eigenvalue weighted by Gasteiger charge is 2.14. The van der Waals surface area contributed by atoms with Gasteiger partial charge in [0.1, 0.15) is 5.70 Å². The van der Waals surface area contributed by atoms with Crippen LogP contribution in [-0.2, 0) is 11.3 Å². The summed E-state index contributed by atoms with van der Waals surface area (Å²) in [5.41, 5.74) is 10.0. The van der Waals surface area contributed by atoms with Crippen LogP contribution in [0.5, 0.6) is 0 Å². The number of nitrogens with one attached hydrogen (secondary N) is 4. The molecule has 4 aromatic rings. The van der Waals surface area contributed by atoms with Crippen molar-refractivity contribution < 1.29 is 9.53 Å². The number of morpholine rings is 1. The number of rotatable bonds is 6. The third-order valence-electron chi connectivity index (χ3n) is 6.00. The fraction of sp³-hybridized carbons (Fsp3) is 0.192. The molecule has 2 amide bonds. The minimum Gasteiger partial charge on any atom is -0.394 e. The topological polar surface area (TPSA) is 132 Å². The predicted molar refractivity (Wildman–Crippen MR) is 138 cm³/mol. The number of H-pyrrole nitrogens is 1. The van der Waals surface area contributed by atoms with Crippen molar-refractivity contribution >= 4 is 45.4 Å². The number of allylic oxidation sites excluding steroid dienone is 1. The molecule has 0 saturated carbocycles. The highest BCUT2D eigenvalue weighted by Crippen LogP contribution is 2.20. The van der Waals surface area contributed by atoms with Crippen molar-refractivity contribution in [3.8, 4) is 0 Å². The summed E-state index contributed by atoms with van der Waals surface area (Å²) in [6.07, 6.45) is 1.01. The maximum absolute atomic E-state index is 12.6. The summed E-state index contributed by atoms with van der Waals surface area (Å²) >= 11 is 0. The Morgan fingerprint density at radius 1 is 1.11 bits per heavy atom. The average molecular weight is 470 g/mol. The highest BCUT2D eigenvalue weighted by atomic mass is 16.5. The minimum absolute atomic E-state index is 0.149. The largest absolute Gasteiger partial charge is 0.394 e. The van der Waals surface area contributed by atoms with Gasteiger partial charge in [-0.3, -0.25) is 4.90 Å². The molecule has 0 spiro atoms. The van der Waals surface area contributed by atoms with Gasteiger partial charge >= 0.3 is 6.03 Å². The van der Waals surface area contributed by atoms with Gasteiger partial charge in [-0.2, -0.15) is 0 Å². The summed E-state index contributed by atoms with van der Waals surface area (Å²) in [4.78, 5) is 22.7. The second-order valence-electron chi connectivity index (χ2n) is 8.44. The van der Waals surface area contributed by atoms with E-state index in [0.717, 1.165) is 66.4 Å². The number of imidazole rings is 1. The number of carbonyl (C=O) groups excluding carboxylic acids is 1. The lowest BCUT2D eigenvalue weighted by atomic mass is 10.1. The first-order chi connectivity index (χ1) is 17.1. The number of carbonyl (C=O) groups is 1. The quantitative estimate of drug-likeness (QED) is 0.275. The number of hydrogen-bond donors (Lipinski definition) is 5. The molecule has 0 radical (unpaired) electrons. The van der Waals surface area contributed by atoms with Crippen molar-refractivity contribution in [3.05, 3.63) is 77.7 Å². The van der Waals surface area contributed by atoms with Crippen molar-refractivity contribution in [1.29, 1.82) is 5.41 Å². The molecule has 3 aromatic carbocycles. The van der Waals surface area contributed by atoms with Gasteiger partial charge in [0.15, 0.2) is 5.82 Å². The SMILES string of the molecule is N=CC(NC(=O)Nc1ccc2ccccc2c1)=C(N)c1nc2ccc(CN3CCOCC3)cc2[nH]1. The zero-order valence-electron chi connectivity index (χ0n) is 19.2. The molecule has 2 heterocycles. The summed E-state index contributed by atoms with van der Waals surface area (Å²) in [6.45, 7) is 4.17. The maximum atomic E-state index is 12.6. The molecule has 1 aromatic heterocycles. The third-order valence-corrected chi connectivity index (χ3v) is 6.00. The zero-order valence-corrected chi connectivity index (χ0v) is 19.2. The Balaban J connectivity index is 1.31. The third kappa shape index (κ3) is 5.16. The molecule has 9 heteroatoms. The summed E-state index contributed by atoms with van der Waals surface area (Å²) in [5, 5.41) is 15.3. The standard InChI is InChI=1S/C26H27N7O2/c27-15-23(32-26(34)29-20-7-6-18-3-1-2-4-19(18)14-20)24(28)25-30-21-8-5-17(13-22(21)31-25)16-33-9-11-35-12-10-33/h1-8,13-15,27H,9-12,16,28H2,(H,30,31)(H2,29,32,34). The van der Waals surface area contributed by atoms with Crippen LogP contribution >= 0.6 is 0 Å². The van der Waals surface area contributed by atoms with Crippen molar-refractivity contribution in [2.75, 3.05) is 31.6 Å². The van der Waals surface area contributed by atoms with Crippen LogP contribution in [0, 0.1) is 5.41 Å². The fourth-order valence-electron chi connectivity index (χ4n) is 4.16. The number of urea groups is 1. The van der Waals surface area contributed by atoms with E-state index in [1.165, 1.54) is 0 Å². The molecule has 0 aliphatic carbocycles. The van der Waals surface area contributed by atoms with E-state index in [4.69, 9.17) is 15.9 Å². The number of anilines is 1. The van der Waals surface area contributed by atoms with Gasteiger partial charge in [-0.05, 0) is 40.6 Å². The molecule has 0 bridgehead atoms. The van der Waals surface area contributed by atoms with Crippen LogP contribution in [0.4, 0.5) is 10.5 Å². The molecule has 35 heavy (non-hydrogen) atoms. The first-order valence-corrected chi connectivity index (χ1v) is 11.5. The van der Waals surface area contributed by atoms with Gasteiger partial charge in [0.05, 0.1) is 29.9 Å². The summed E-state index contributed by atoms with van der Waals surface area (Å²) in [6, 6.07) is 19.1. The Bertz CT molecular complexity index is 1420. The number of amides is 2. The molecular formula is C26H27N7O2. The molecule has 5 rings (SSSR count). The average Bonchev–Trinajstić information content (AvgIpc) is 3.31. The Morgan fingerprint density at radius 2 is 1.91 bits per heavy atom. The Morgan fingerprint density at radius 3 is 2.71 bits per heavy atom. The minimum atomic E-state index is -0.495. The summed E-state index contributed by atoms with van der Waals surface area (Å²) < 4.78 is 5.42. The fourth-order valence-corrected chi connectivity index (χ4v) is 4.16. The molecule has 9 nitrogen and oxygen atoms in total. The van der Waals surface area contributed by atoms with Crippen LogP contribution in [0.15, 0.2) is 66.4 Å². The molecule has 1 fully saturated rings. The first-order valence-electron chi connectivity index (χ1n) is 11.5. The van der Waals surface area contributed by atoms with Gasteiger partial charge in [0, 0.05) is 31.5 Å². The second kappa shape index (κ2) is 9.96. The van der Waals surface area contributed by atoms with E-state index in [9.17, 15) is 4.79 Å². The van der Waals surface area contributed by atoms with E-state index < -0.39 is 6.03 Å². The first kappa shape index (κ1) is 22.6. The van der Waals surface area contributed by atoms with Crippen LogP contribution in [-0.4, -0.2) is 53.4 Å². The highest BCUT2D eigenvalue weighted by molar-refractivity contribution is 5.99. The van der Waals surface area contributed by atoms with E-state index >= 15 is 0 Å². The molecule has 0 atom stereocenters. The van der Waals surface area contributed by atoms with Crippen LogP contribution in [0.3, 0.4) is 0 Å². The number of hydrogen-bond acceptors (Lipinski definition) is 6. The zero-order chi connectivity index (χ0) is 24.2. The van der Waals surface area contributed by atoms with E-state index in [1.807, 2.05) is 48.5 Å². The van der Waals surface area contributed by atoms with Gasteiger partial charge in [-0.25, -0.2) is 9.78 Å². The molecule has 1 saturated heterocycles. The number of benzene rings is 3. The monoisotopic (exact) mass is 469 g/mol. The van der Waals surface area contributed by atoms with Gasteiger partial charge < -0.3 is 31.5 Å². The van der Waals surface area contributed by atoms with Crippen LogP contribution in [0.2, 0.25) is 0 Å². The lowest BCUT2D eigenvalue weighted by Gasteiger charge is -2.26. The molecule has 1 aliphatic rings. The number of nitrogens with two attached hydrogens (primary N) is 1. The second-order valence-corrected chi connectivity index (χ2v) is 8.44. The van der Waals surface area contributed by atoms with Crippen molar-refractivity contribution in [2.45, 2.75) is 6.54 Å². The smallest absolute Gasteiger partial charge is 0.323 e. The van der Waals surface area contributed by atoms with E-state index in [-0.39, 0.29) is 11.4 Å². The van der Waals surface area contributed by atoms with Gasteiger partial charge in [-0.1, -0.05) is 36.4 Å². The molecule has 1 aliphatic heterocycles. The number of nitrogens with zero attached hydrogens (tertiary/aromatic N) is 2. The lowest BCUT2D eigenvalue weighted by molar-refractivity contribution is 0.0342. The number of fused-ring (bicyclic) bond motifs is 2. The summed E-state index contributed by atoms with van der Waals surface area (Å²) in [5.74, 6) is 0.396. The summed E-state index contributed by atoms with van der Waals surface area (Å²) in [7, 11) is 0. The predicted octanol–water partition coefficient (Wildman–Crippen LogP) is 3.65. The van der Waals surface area contributed by atoms with Crippen LogP contribution in [0.1, 0.15) is 11.4 Å². The van der Waals surface area contributed by atoms with Gasteiger partial charge in [-0.15, -0.1) is 0 Å². The molecular weight excluding hydrogens is 442 g/mol. The lowest BCUT2D eigenvalue weighted by Crippen LogP contribution is -2.35. The normalized spacial score (nSPS) is 15.1. The van der Waals surface area contributed by atoms with Crippen molar-refractivity contribution in [3.63, 3.8) is 0 Å². The Hall–Kier alpha value is -4.21. The van der Waals surface area contributed by atoms with Crippen molar-refractivity contribution in [2.24, 2.45) is 5.73 Å². The van der Waals surface area contributed by atoms with E-state index in [2.05, 4.69) is 37.6 Å². The van der Waals surface area contributed by atoms with Gasteiger partial charge in [0.2, 0.25) is 0 Å². The van der Waals surface area contributed by atoms with Crippen molar-refractivity contribution in [1.82, 2.24) is 20.2 Å². The molecule has 0 unspecified atom stereocenters. The molecule has 6 N–H and O–H groups in total. The number of aromatic amines is 1.